The van der Waals surface area contributed by atoms with Gasteiger partial charge in [0, 0.05) is 18.3 Å². The fraction of sp³-hybridized carbons (Fsp3) is 0.500. The average Bonchev–Trinajstić information content (AvgIpc) is 2.05. The van der Waals surface area contributed by atoms with Crippen LogP contribution in [-0.2, 0) is 0 Å². The summed E-state index contributed by atoms with van der Waals surface area (Å²) in [7, 11) is 0. The van der Waals surface area contributed by atoms with Crippen LogP contribution in [0.25, 0.3) is 0 Å². The normalized spacial score (nSPS) is 13.0. The van der Waals surface area contributed by atoms with Crippen LogP contribution in [0.4, 0.5) is 0 Å². The van der Waals surface area contributed by atoms with Gasteiger partial charge in [0.15, 0.2) is 0 Å². The Labute approximate surface area is 71.6 Å². The molecule has 0 saturated carbocycles. The van der Waals surface area contributed by atoms with Crippen LogP contribution in [-0.4, -0.2) is 9.97 Å². The molecule has 0 aliphatic carbocycles. The van der Waals surface area contributed by atoms with Gasteiger partial charge < -0.3 is 0 Å². The predicted octanol–water partition coefficient (Wildman–Crippen LogP) is 2.64. The molecule has 0 aliphatic heterocycles. The number of nitrogens with zero attached hydrogens (tertiary/aromatic N) is 2. The highest BCUT2D eigenvalue weighted by Crippen LogP contribution is 2.14. The zero-order valence-corrected chi connectivity index (χ0v) is 7.47. The average molecular weight is 171 g/mol. The van der Waals surface area contributed by atoms with Crippen molar-refractivity contribution in [2.24, 2.45) is 0 Å². The molecule has 1 unspecified atom stereocenters. The quantitative estimate of drug-likeness (QED) is 0.682. The van der Waals surface area contributed by atoms with Gasteiger partial charge in [0.1, 0.15) is 5.82 Å². The van der Waals surface area contributed by atoms with Gasteiger partial charge in [0.05, 0.1) is 5.02 Å². The van der Waals surface area contributed by atoms with Crippen molar-refractivity contribution in [1.29, 1.82) is 0 Å². The van der Waals surface area contributed by atoms with E-state index in [2.05, 4.69) is 23.8 Å². The monoisotopic (exact) mass is 170 g/mol. The zero-order valence-electron chi connectivity index (χ0n) is 6.71. The van der Waals surface area contributed by atoms with Crippen molar-refractivity contribution < 1.29 is 0 Å². The molecule has 0 aromatic carbocycles. The van der Waals surface area contributed by atoms with E-state index in [0.29, 0.717) is 10.9 Å². The lowest BCUT2D eigenvalue weighted by molar-refractivity contribution is 0.678. The Morgan fingerprint density at radius 1 is 1.45 bits per heavy atom. The van der Waals surface area contributed by atoms with Crippen molar-refractivity contribution in [3.63, 3.8) is 0 Å². The van der Waals surface area contributed by atoms with E-state index in [-0.39, 0.29) is 0 Å². The van der Waals surface area contributed by atoms with E-state index < -0.39 is 0 Å². The smallest absolute Gasteiger partial charge is 0.131 e. The van der Waals surface area contributed by atoms with Crippen LogP contribution >= 0.6 is 11.6 Å². The standard InChI is InChI=1S/C8H11ClN2/c1-3-6(2)8-10-4-7(9)5-11-8/h4-6H,3H2,1-2H3. The summed E-state index contributed by atoms with van der Waals surface area (Å²) in [6.07, 6.45) is 4.33. The van der Waals surface area contributed by atoms with Crippen molar-refractivity contribution in [1.82, 2.24) is 9.97 Å². The molecule has 0 N–H and O–H groups in total. The van der Waals surface area contributed by atoms with Crippen molar-refractivity contribution in [2.75, 3.05) is 0 Å². The van der Waals surface area contributed by atoms with Gasteiger partial charge in [-0.3, -0.25) is 0 Å². The molecule has 11 heavy (non-hydrogen) atoms. The fourth-order valence-corrected chi connectivity index (χ4v) is 0.857. The summed E-state index contributed by atoms with van der Waals surface area (Å²) in [5.41, 5.74) is 0. The third kappa shape index (κ3) is 2.15. The maximum atomic E-state index is 5.63. The third-order valence-electron chi connectivity index (χ3n) is 1.69. The second-order valence-corrected chi connectivity index (χ2v) is 3.01. The first-order valence-electron chi connectivity index (χ1n) is 3.71. The summed E-state index contributed by atoms with van der Waals surface area (Å²) in [5, 5.41) is 0.594. The molecule has 1 rings (SSSR count). The minimum atomic E-state index is 0.423. The molecule has 1 atom stereocenters. The predicted molar refractivity (Wildman–Crippen MR) is 45.7 cm³/mol. The first-order chi connectivity index (χ1) is 5.24. The Morgan fingerprint density at radius 3 is 2.45 bits per heavy atom. The molecule has 1 heterocycles. The second kappa shape index (κ2) is 3.67. The topological polar surface area (TPSA) is 25.8 Å². The van der Waals surface area contributed by atoms with E-state index in [4.69, 9.17) is 11.6 Å². The Hall–Kier alpha value is -0.630. The van der Waals surface area contributed by atoms with Gasteiger partial charge in [-0.1, -0.05) is 25.4 Å². The van der Waals surface area contributed by atoms with Gasteiger partial charge in [-0.25, -0.2) is 9.97 Å². The lowest BCUT2D eigenvalue weighted by Crippen LogP contribution is -1.98. The molecule has 0 fully saturated rings. The molecular weight excluding hydrogens is 160 g/mol. The fourth-order valence-electron chi connectivity index (χ4n) is 0.759. The first-order valence-corrected chi connectivity index (χ1v) is 4.09. The summed E-state index contributed by atoms with van der Waals surface area (Å²) in [4.78, 5) is 8.21. The van der Waals surface area contributed by atoms with E-state index in [1.807, 2.05) is 0 Å². The highest BCUT2D eigenvalue weighted by atomic mass is 35.5. The zero-order chi connectivity index (χ0) is 8.27. The SMILES string of the molecule is CCC(C)c1ncc(Cl)cn1. The maximum Gasteiger partial charge on any atom is 0.131 e. The number of halogens is 1. The summed E-state index contributed by atoms with van der Waals surface area (Å²) >= 11 is 5.63. The second-order valence-electron chi connectivity index (χ2n) is 2.57. The Kier molecular flexibility index (Phi) is 2.83. The highest BCUT2D eigenvalue weighted by molar-refractivity contribution is 6.30. The molecule has 0 radical (unpaired) electrons. The molecule has 3 heteroatoms. The van der Waals surface area contributed by atoms with E-state index in [0.717, 1.165) is 12.2 Å². The molecule has 1 aromatic rings. The van der Waals surface area contributed by atoms with Crippen LogP contribution < -0.4 is 0 Å². The largest absolute Gasteiger partial charge is 0.240 e. The molecule has 0 saturated heterocycles. The van der Waals surface area contributed by atoms with Crippen LogP contribution in [0.5, 0.6) is 0 Å². The third-order valence-corrected chi connectivity index (χ3v) is 1.89. The number of hydrogen-bond acceptors (Lipinski definition) is 2. The van der Waals surface area contributed by atoms with E-state index in [1.54, 1.807) is 12.4 Å². The highest BCUT2D eigenvalue weighted by Gasteiger charge is 2.04. The van der Waals surface area contributed by atoms with Gasteiger partial charge in [0.2, 0.25) is 0 Å². The van der Waals surface area contributed by atoms with Crippen LogP contribution in [0.3, 0.4) is 0 Å². The lowest BCUT2D eigenvalue weighted by Gasteiger charge is -2.04. The van der Waals surface area contributed by atoms with Gasteiger partial charge >= 0.3 is 0 Å². The minimum absolute atomic E-state index is 0.423. The van der Waals surface area contributed by atoms with Gasteiger partial charge in [0.25, 0.3) is 0 Å². The van der Waals surface area contributed by atoms with Crippen LogP contribution in [0.15, 0.2) is 12.4 Å². The van der Waals surface area contributed by atoms with Crippen molar-refractivity contribution in [3.8, 4) is 0 Å². The lowest BCUT2D eigenvalue weighted by atomic mass is 10.1. The van der Waals surface area contributed by atoms with Gasteiger partial charge in [-0.2, -0.15) is 0 Å². The molecule has 0 bridgehead atoms. The summed E-state index contributed by atoms with van der Waals surface area (Å²) in [6, 6.07) is 0. The Bertz CT molecular complexity index is 220. The molecule has 0 aliphatic rings. The van der Waals surface area contributed by atoms with E-state index in [1.165, 1.54) is 0 Å². The molecule has 60 valence electrons. The Morgan fingerprint density at radius 2 is 2.00 bits per heavy atom. The van der Waals surface area contributed by atoms with E-state index >= 15 is 0 Å². The van der Waals surface area contributed by atoms with Crippen molar-refractivity contribution in [2.45, 2.75) is 26.2 Å². The maximum absolute atomic E-state index is 5.63. The molecule has 0 amide bonds. The van der Waals surface area contributed by atoms with Crippen molar-refractivity contribution >= 4 is 11.6 Å². The summed E-state index contributed by atoms with van der Waals surface area (Å²) in [6.45, 7) is 4.21. The van der Waals surface area contributed by atoms with Crippen LogP contribution in [0, 0.1) is 0 Å². The van der Waals surface area contributed by atoms with Gasteiger partial charge in [-0.05, 0) is 6.42 Å². The molecular formula is C8H11ClN2. The summed E-state index contributed by atoms with van der Waals surface area (Å²) < 4.78 is 0. The Balaban J connectivity index is 2.81. The molecule has 1 aromatic heterocycles. The van der Waals surface area contributed by atoms with Crippen molar-refractivity contribution in [3.05, 3.63) is 23.2 Å². The number of aromatic nitrogens is 2. The van der Waals surface area contributed by atoms with Gasteiger partial charge in [-0.15, -0.1) is 0 Å². The van der Waals surface area contributed by atoms with E-state index in [9.17, 15) is 0 Å². The summed E-state index contributed by atoms with van der Waals surface area (Å²) in [5.74, 6) is 1.30. The van der Waals surface area contributed by atoms with Crippen LogP contribution in [0.1, 0.15) is 32.0 Å². The molecule has 0 spiro atoms. The number of rotatable bonds is 2. The van der Waals surface area contributed by atoms with Crippen LogP contribution in [0.2, 0.25) is 5.02 Å². The first kappa shape index (κ1) is 8.47. The minimum Gasteiger partial charge on any atom is -0.240 e. The number of hydrogen-bond donors (Lipinski definition) is 0. The molecule has 2 nitrogen and oxygen atoms in total.